The zero-order valence-corrected chi connectivity index (χ0v) is 15.3. The van der Waals surface area contributed by atoms with Crippen LogP contribution in [0.2, 0.25) is 0 Å². The van der Waals surface area contributed by atoms with Crippen LogP contribution in [0.3, 0.4) is 0 Å². The SMILES string of the molecule is CC(C)OC(=O)CC(NC(=O)c1cccc(NC(N)=O)c1)c1ccccc1. The van der Waals surface area contributed by atoms with Crippen molar-refractivity contribution in [3.8, 4) is 0 Å². The first-order valence-electron chi connectivity index (χ1n) is 8.57. The number of anilines is 1. The largest absolute Gasteiger partial charge is 0.463 e. The van der Waals surface area contributed by atoms with Gasteiger partial charge in [-0.25, -0.2) is 4.79 Å². The summed E-state index contributed by atoms with van der Waals surface area (Å²) < 4.78 is 5.20. The zero-order valence-electron chi connectivity index (χ0n) is 15.3. The Morgan fingerprint density at radius 2 is 1.74 bits per heavy atom. The van der Waals surface area contributed by atoms with Crippen LogP contribution in [0.1, 0.15) is 42.2 Å². The van der Waals surface area contributed by atoms with E-state index >= 15 is 0 Å². The molecule has 0 radical (unpaired) electrons. The van der Waals surface area contributed by atoms with Crippen molar-refractivity contribution in [2.75, 3.05) is 5.32 Å². The highest BCUT2D eigenvalue weighted by atomic mass is 16.5. The second-order valence-electron chi connectivity index (χ2n) is 6.25. The van der Waals surface area contributed by atoms with Gasteiger partial charge in [0.25, 0.3) is 5.91 Å². The highest BCUT2D eigenvalue weighted by Crippen LogP contribution is 2.19. The van der Waals surface area contributed by atoms with Gasteiger partial charge in [-0.05, 0) is 37.6 Å². The predicted molar refractivity (Wildman–Crippen MR) is 102 cm³/mol. The normalized spacial score (nSPS) is 11.5. The average Bonchev–Trinajstić information content (AvgIpc) is 2.61. The van der Waals surface area contributed by atoms with E-state index < -0.39 is 18.0 Å². The number of urea groups is 1. The minimum atomic E-state index is -0.717. The Kier molecular flexibility index (Phi) is 6.93. The molecular formula is C20H23N3O4. The lowest BCUT2D eigenvalue weighted by Gasteiger charge is -2.19. The maximum Gasteiger partial charge on any atom is 0.316 e. The Morgan fingerprint density at radius 3 is 2.37 bits per heavy atom. The molecule has 0 aliphatic carbocycles. The first-order valence-corrected chi connectivity index (χ1v) is 8.57. The molecule has 0 bridgehead atoms. The van der Waals surface area contributed by atoms with E-state index in [0.717, 1.165) is 5.56 Å². The Balaban J connectivity index is 2.18. The van der Waals surface area contributed by atoms with E-state index in [1.54, 1.807) is 32.0 Å². The van der Waals surface area contributed by atoms with Gasteiger partial charge < -0.3 is 21.1 Å². The number of hydrogen-bond donors (Lipinski definition) is 3. The van der Waals surface area contributed by atoms with Crippen LogP contribution in [-0.4, -0.2) is 24.0 Å². The summed E-state index contributed by atoms with van der Waals surface area (Å²) in [6.07, 6.45) is -0.228. The zero-order chi connectivity index (χ0) is 19.8. The van der Waals surface area contributed by atoms with Crippen molar-refractivity contribution >= 4 is 23.6 Å². The molecule has 0 heterocycles. The number of hydrogen-bond acceptors (Lipinski definition) is 4. The molecule has 142 valence electrons. The summed E-state index contributed by atoms with van der Waals surface area (Å²) in [5.41, 5.74) is 6.63. The van der Waals surface area contributed by atoms with Gasteiger partial charge in [0.2, 0.25) is 0 Å². The molecule has 3 amide bonds. The van der Waals surface area contributed by atoms with E-state index in [1.165, 1.54) is 6.07 Å². The molecule has 0 saturated heterocycles. The van der Waals surface area contributed by atoms with Gasteiger partial charge in [-0.3, -0.25) is 9.59 Å². The van der Waals surface area contributed by atoms with Crippen molar-refractivity contribution in [3.05, 3.63) is 65.7 Å². The van der Waals surface area contributed by atoms with E-state index in [4.69, 9.17) is 10.5 Å². The van der Waals surface area contributed by atoms with Gasteiger partial charge in [-0.1, -0.05) is 36.4 Å². The first-order chi connectivity index (χ1) is 12.8. The monoisotopic (exact) mass is 369 g/mol. The molecule has 2 rings (SSSR count). The molecule has 2 aromatic carbocycles. The number of nitrogens with one attached hydrogen (secondary N) is 2. The molecular weight excluding hydrogens is 346 g/mol. The molecule has 0 aliphatic heterocycles. The number of esters is 1. The average molecular weight is 369 g/mol. The minimum absolute atomic E-state index is 0.00710. The topological polar surface area (TPSA) is 111 Å². The van der Waals surface area contributed by atoms with Gasteiger partial charge in [-0.2, -0.15) is 0 Å². The summed E-state index contributed by atoms with van der Waals surface area (Å²) in [5, 5.41) is 5.27. The molecule has 0 spiro atoms. The molecule has 27 heavy (non-hydrogen) atoms. The maximum absolute atomic E-state index is 12.7. The number of carbonyl (C=O) groups is 3. The quantitative estimate of drug-likeness (QED) is 0.652. The third-order valence-electron chi connectivity index (χ3n) is 3.64. The van der Waals surface area contributed by atoms with Gasteiger partial charge in [-0.15, -0.1) is 0 Å². The smallest absolute Gasteiger partial charge is 0.316 e. The minimum Gasteiger partial charge on any atom is -0.463 e. The number of primary amides is 1. The third-order valence-corrected chi connectivity index (χ3v) is 3.64. The lowest BCUT2D eigenvalue weighted by atomic mass is 10.0. The molecule has 0 fully saturated rings. The van der Waals surface area contributed by atoms with Crippen molar-refractivity contribution in [3.63, 3.8) is 0 Å². The second-order valence-corrected chi connectivity index (χ2v) is 6.25. The lowest BCUT2D eigenvalue weighted by molar-refractivity contribution is -0.147. The van der Waals surface area contributed by atoms with E-state index in [2.05, 4.69) is 10.6 Å². The van der Waals surface area contributed by atoms with Crippen LogP contribution in [0.25, 0.3) is 0 Å². The summed E-state index contributed by atoms with van der Waals surface area (Å²) in [6.45, 7) is 3.54. The van der Waals surface area contributed by atoms with E-state index in [0.29, 0.717) is 11.3 Å². The molecule has 4 N–H and O–H groups in total. The Hall–Kier alpha value is -3.35. The lowest BCUT2D eigenvalue weighted by Crippen LogP contribution is -2.31. The van der Waals surface area contributed by atoms with Crippen molar-refractivity contribution in [1.29, 1.82) is 0 Å². The molecule has 0 aromatic heterocycles. The van der Waals surface area contributed by atoms with Crippen LogP contribution < -0.4 is 16.4 Å². The molecule has 0 saturated carbocycles. The standard InChI is InChI=1S/C20H23N3O4/c1-13(2)27-18(24)12-17(14-7-4-3-5-8-14)23-19(25)15-9-6-10-16(11-15)22-20(21)26/h3-11,13,17H,12H2,1-2H3,(H,23,25)(H3,21,22,26). The van der Waals surface area contributed by atoms with E-state index in [-0.39, 0.29) is 18.4 Å². The molecule has 1 atom stereocenters. The van der Waals surface area contributed by atoms with E-state index in [9.17, 15) is 14.4 Å². The third kappa shape index (κ3) is 6.47. The van der Waals surface area contributed by atoms with Crippen LogP contribution in [0, 0.1) is 0 Å². The van der Waals surface area contributed by atoms with Crippen LogP contribution in [-0.2, 0) is 9.53 Å². The number of ether oxygens (including phenoxy) is 1. The molecule has 0 aliphatic rings. The summed E-state index contributed by atoms with van der Waals surface area (Å²) in [6, 6.07) is 14.3. The van der Waals surface area contributed by atoms with Gasteiger partial charge in [0.05, 0.1) is 18.6 Å². The molecule has 2 aromatic rings. The highest BCUT2D eigenvalue weighted by molar-refractivity contribution is 5.97. The van der Waals surface area contributed by atoms with Gasteiger partial charge in [0.1, 0.15) is 0 Å². The van der Waals surface area contributed by atoms with Crippen molar-refractivity contribution in [2.45, 2.75) is 32.4 Å². The summed E-state index contributed by atoms with van der Waals surface area (Å²) in [5.74, 6) is -0.780. The van der Waals surface area contributed by atoms with Gasteiger partial charge in [0, 0.05) is 11.3 Å². The molecule has 7 heteroatoms. The Morgan fingerprint density at radius 1 is 1.04 bits per heavy atom. The highest BCUT2D eigenvalue weighted by Gasteiger charge is 2.21. The van der Waals surface area contributed by atoms with Crippen LogP contribution in [0.4, 0.5) is 10.5 Å². The second kappa shape index (κ2) is 9.38. The predicted octanol–water partition coefficient (Wildman–Crippen LogP) is 2.99. The van der Waals surface area contributed by atoms with Crippen molar-refractivity contribution in [1.82, 2.24) is 5.32 Å². The fraction of sp³-hybridized carbons (Fsp3) is 0.250. The van der Waals surface area contributed by atoms with Gasteiger partial charge in [0.15, 0.2) is 0 Å². The summed E-state index contributed by atoms with van der Waals surface area (Å²) >= 11 is 0. The summed E-state index contributed by atoms with van der Waals surface area (Å²) in [7, 11) is 0. The summed E-state index contributed by atoms with van der Waals surface area (Å²) in [4.78, 5) is 35.7. The Bertz CT molecular complexity index is 806. The number of benzene rings is 2. The van der Waals surface area contributed by atoms with E-state index in [1.807, 2.05) is 30.3 Å². The van der Waals surface area contributed by atoms with Gasteiger partial charge >= 0.3 is 12.0 Å². The molecule has 1 unspecified atom stereocenters. The fourth-order valence-corrected chi connectivity index (χ4v) is 2.54. The number of carbonyl (C=O) groups excluding carboxylic acids is 3. The number of amides is 3. The van der Waals surface area contributed by atoms with Crippen molar-refractivity contribution < 1.29 is 19.1 Å². The van der Waals surface area contributed by atoms with Crippen LogP contribution in [0.5, 0.6) is 0 Å². The fourth-order valence-electron chi connectivity index (χ4n) is 2.54. The molecule has 7 nitrogen and oxygen atoms in total. The number of rotatable bonds is 7. The van der Waals surface area contributed by atoms with Crippen molar-refractivity contribution in [2.24, 2.45) is 5.73 Å². The Labute approximate surface area is 157 Å². The number of nitrogens with two attached hydrogens (primary N) is 1. The first kappa shape index (κ1) is 20.0. The van der Waals surface area contributed by atoms with Crippen LogP contribution in [0.15, 0.2) is 54.6 Å². The van der Waals surface area contributed by atoms with Crippen LogP contribution >= 0.6 is 0 Å². The maximum atomic E-state index is 12.7.